The molecule has 0 radical (unpaired) electrons. The molecule has 0 aliphatic heterocycles. The first-order valence-electron chi connectivity index (χ1n) is 5.91. The van der Waals surface area contributed by atoms with Crippen molar-refractivity contribution in [2.75, 3.05) is 6.61 Å². The van der Waals surface area contributed by atoms with Crippen molar-refractivity contribution in [2.24, 2.45) is 11.7 Å². The molecule has 2 nitrogen and oxygen atoms in total. The van der Waals surface area contributed by atoms with Crippen molar-refractivity contribution < 1.29 is 4.74 Å². The van der Waals surface area contributed by atoms with Crippen LogP contribution in [0.25, 0.3) is 0 Å². The van der Waals surface area contributed by atoms with Crippen LogP contribution < -0.4 is 10.5 Å². The molecule has 0 aromatic heterocycles. The second-order valence-corrected chi connectivity index (χ2v) is 5.25. The van der Waals surface area contributed by atoms with E-state index in [1.807, 2.05) is 18.2 Å². The molecule has 16 heavy (non-hydrogen) atoms. The quantitative estimate of drug-likeness (QED) is 0.898. The van der Waals surface area contributed by atoms with Gasteiger partial charge in [-0.15, -0.1) is 0 Å². The monoisotopic (exact) mass is 283 g/mol. The zero-order valence-corrected chi connectivity index (χ0v) is 11.0. The lowest BCUT2D eigenvalue weighted by Crippen LogP contribution is -2.14. The second-order valence-electron chi connectivity index (χ2n) is 4.39. The molecule has 1 aromatic carbocycles. The number of ether oxygens (including phenoxy) is 1. The summed E-state index contributed by atoms with van der Waals surface area (Å²) in [6.07, 6.45) is 5.37. The van der Waals surface area contributed by atoms with Crippen LogP contribution in [0.15, 0.2) is 22.7 Å². The molecule has 2 rings (SSSR count). The van der Waals surface area contributed by atoms with Crippen LogP contribution in [-0.4, -0.2) is 6.61 Å². The summed E-state index contributed by atoms with van der Waals surface area (Å²) in [7, 11) is 0. The van der Waals surface area contributed by atoms with Gasteiger partial charge in [0.2, 0.25) is 0 Å². The molecule has 0 spiro atoms. The van der Waals surface area contributed by atoms with Crippen LogP contribution in [0.4, 0.5) is 0 Å². The normalized spacial score (nSPS) is 15.9. The van der Waals surface area contributed by atoms with E-state index in [9.17, 15) is 0 Å². The van der Waals surface area contributed by atoms with E-state index < -0.39 is 0 Å². The third-order valence-electron chi connectivity index (χ3n) is 3.26. The Labute approximate surface area is 105 Å². The molecule has 88 valence electrons. The van der Waals surface area contributed by atoms with E-state index in [1.54, 1.807) is 0 Å². The van der Waals surface area contributed by atoms with Crippen molar-refractivity contribution >= 4 is 15.9 Å². The molecule has 1 aliphatic rings. The fourth-order valence-electron chi connectivity index (χ4n) is 1.91. The summed E-state index contributed by atoms with van der Waals surface area (Å²) < 4.78 is 6.76. The maximum absolute atomic E-state index is 5.72. The van der Waals surface area contributed by atoms with E-state index in [0.717, 1.165) is 28.3 Å². The zero-order valence-electron chi connectivity index (χ0n) is 9.42. The first-order valence-corrected chi connectivity index (χ1v) is 6.70. The average Bonchev–Trinajstić information content (AvgIpc) is 2.22. The highest BCUT2D eigenvalue weighted by Gasteiger charge is 2.16. The van der Waals surface area contributed by atoms with Crippen LogP contribution in [0.3, 0.4) is 0 Å². The molecule has 0 unspecified atom stereocenters. The maximum Gasteiger partial charge on any atom is 0.120 e. The van der Waals surface area contributed by atoms with Gasteiger partial charge in [0.15, 0.2) is 0 Å². The van der Waals surface area contributed by atoms with Crippen molar-refractivity contribution in [1.82, 2.24) is 0 Å². The van der Waals surface area contributed by atoms with Gasteiger partial charge in [-0.05, 0) is 30.0 Å². The van der Waals surface area contributed by atoms with Gasteiger partial charge < -0.3 is 10.5 Å². The van der Waals surface area contributed by atoms with Crippen LogP contribution in [0.2, 0.25) is 0 Å². The van der Waals surface area contributed by atoms with Gasteiger partial charge in [-0.3, -0.25) is 0 Å². The number of hydrogen-bond acceptors (Lipinski definition) is 2. The molecule has 1 fully saturated rings. The Hall–Kier alpha value is -0.540. The Kier molecular flexibility index (Phi) is 4.24. The van der Waals surface area contributed by atoms with Crippen molar-refractivity contribution in [1.29, 1.82) is 0 Å². The largest absolute Gasteiger partial charge is 0.494 e. The van der Waals surface area contributed by atoms with Gasteiger partial charge in [-0.1, -0.05) is 41.3 Å². The first kappa shape index (κ1) is 11.9. The average molecular weight is 284 g/mol. The molecule has 0 saturated heterocycles. The molecule has 0 atom stereocenters. The van der Waals surface area contributed by atoms with E-state index in [0.29, 0.717) is 6.54 Å². The third kappa shape index (κ3) is 2.98. The summed E-state index contributed by atoms with van der Waals surface area (Å²) in [6.45, 7) is 1.39. The van der Waals surface area contributed by atoms with E-state index in [2.05, 4.69) is 15.9 Å². The van der Waals surface area contributed by atoms with Crippen LogP contribution in [0.5, 0.6) is 5.75 Å². The van der Waals surface area contributed by atoms with Crippen LogP contribution in [-0.2, 0) is 6.54 Å². The number of nitrogens with two attached hydrogens (primary N) is 1. The number of halogens is 1. The smallest absolute Gasteiger partial charge is 0.120 e. The topological polar surface area (TPSA) is 35.2 Å². The predicted molar refractivity (Wildman–Crippen MR) is 69.5 cm³/mol. The van der Waals surface area contributed by atoms with E-state index in [-0.39, 0.29) is 0 Å². The maximum atomic E-state index is 5.72. The predicted octanol–water partition coefficient (Wildman–Crippen LogP) is 3.48. The first-order chi connectivity index (χ1) is 7.79. The summed E-state index contributed by atoms with van der Waals surface area (Å²) in [5, 5.41) is 0. The molecular formula is C13H18BrNO. The van der Waals surface area contributed by atoms with Crippen molar-refractivity contribution in [2.45, 2.75) is 32.2 Å². The Morgan fingerprint density at radius 3 is 2.75 bits per heavy atom. The minimum atomic E-state index is 0.558. The highest BCUT2D eigenvalue weighted by molar-refractivity contribution is 9.10. The number of rotatable bonds is 5. The van der Waals surface area contributed by atoms with Gasteiger partial charge in [0.25, 0.3) is 0 Å². The zero-order chi connectivity index (χ0) is 11.4. The molecule has 0 heterocycles. The summed E-state index contributed by atoms with van der Waals surface area (Å²) in [4.78, 5) is 0. The van der Waals surface area contributed by atoms with Crippen molar-refractivity contribution in [3.05, 3.63) is 28.2 Å². The molecule has 2 N–H and O–H groups in total. The summed E-state index contributed by atoms with van der Waals surface area (Å²) >= 11 is 3.49. The third-order valence-corrected chi connectivity index (χ3v) is 4.00. The lowest BCUT2D eigenvalue weighted by molar-refractivity contribution is 0.222. The Morgan fingerprint density at radius 2 is 2.19 bits per heavy atom. The van der Waals surface area contributed by atoms with Gasteiger partial charge >= 0.3 is 0 Å². The number of benzene rings is 1. The highest BCUT2D eigenvalue weighted by Crippen LogP contribution is 2.29. The lowest BCUT2D eigenvalue weighted by Gasteiger charge is -2.25. The molecular weight excluding hydrogens is 266 g/mol. The van der Waals surface area contributed by atoms with Gasteiger partial charge in [0.1, 0.15) is 5.75 Å². The SMILES string of the molecule is NCc1ccc(OCCC2CCC2)cc1Br. The molecule has 0 amide bonds. The van der Waals surface area contributed by atoms with Crippen LogP contribution in [0, 0.1) is 5.92 Å². The fourth-order valence-corrected chi connectivity index (χ4v) is 2.43. The minimum Gasteiger partial charge on any atom is -0.494 e. The molecule has 0 bridgehead atoms. The number of hydrogen-bond donors (Lipinski definition) is 1. The van der Waals surface area contributed by atoms with Gasteiger partial charge in [-0.25, -0.2) is 0 Å². The molecule has 3 heteroatoms. The van der Waals surface area contributed by atoms with E-state index >= 15 is 0 Å². The van der Waals surface area contributed by atoms with Gasteiger partial charge in [-0.2, -0.15) is 0 Å². The van der Waals surface area contributed by atoms with Crippen LogP contribution >= 0.6 is 15.9 Å². The summed E-state index contributed by atoms with van der Waals surface area (Å²) in [5.41, 5.74) is 6.71. The van der Waals surface area contributed by atoms with Crippen LogP contribution in [0.1, 0.15) is 31.2 Å². The van der Waals surface area contributed by atoms with E-state index in [4.69, 9.17) is 10.5 Å². The fraction of sp³-hybridized carbons (Fsp3) is 0.538. The summed E-state index contributed by atoms with van der Waals surface area (Å²) in [5.74, 6) is 1.84. The molecule has 1 saturated carbocycles. The highest BCUT2D eigenvalue weighted by atomic mass is 79.9. The minimum absolute atomic E-state index is 0.558. The Bertz CT molecular complexity index is 350. The van der Waals surface area contributed by atoms with Gasteiger partial charge in [0, 0.05) is 11.0 Å². The second kappa shape index (κ2) is 5.69. The van der Waals surface area contributed by atoms with E-state index in [1.165, 1.54) is 25.7 Å². The Balaban J connectivity index is 1.81. The van der Waals surface area contributed by atoms with Crippen molar-refractivity contribution in [3.8, 4) is 5.75 Å². The molecule has 1 aliphatic carbocycles. The lowest BCUT2D eigenvalue weighted by atomic mass is 9.83. The summed E-state index contributed by atoms with van der Waals surface area (Å²) in [6, 6.07) is 6.01. The van der Waals surface area contributed by atoms with Gasteiger partial charge in [0.05, 0.1) is 6.61 Å². The molecule has 1 aromatic rings. The Morgan fingerprint density at radius 1 is 1.38 bits per heavy atom. The van der Waals surface area contributed by atoms with Crippen molar-refractivity contribution in [3.63, 3.8) is 0 Å². The standard InChI is InChI=1S/C13H18BrNO/c14-13-8-12(5-4-11(13)9-15)16-7-6-10-2-1-3-10/h4-5,8,10H,1-3,6-7,9,15H2.